The van der Waals surface area contributed by atoms with Gasteiger partial charge in [0.1, 0.15) is 11.4 Å². The Hall–Kier alpha value is -3.35. The van der Waals surface area contributed by atoms with Crippen molar-refractivity contribution < 1.29 is 9.53 Å². The van der Waals surface area contributed by atoms with E-state index in [1.807, 2.05) is 61.2 Å². The smallest absolute Gasteiger partial charge is 0.262 e. The van der Waals surface area contributed by atoms with Gasteiger partial charge in [-0.3, -0.25) is 14.0 Å². The monoisotopic (exact) mass is 392 g/mol. The summed E-state index contributed by atoms with van der Waals surface area (Å²) in [5, 5.41) is 2.90. The summed E-state index contributed by atoms with van der Waals surface area (Å²) in [7, 11) is 0. The van der Waals surface area contributed by atoms with E-state index in [9.17, 15) is 9.59 Å². The molecule has 29 heavy (non-hydrogen) atoms. The number of ether oxygens (including phenoxy) is 1. The Morgan fingerprint density at radius 2 is 2.07 bits per heavy atom. The van der Waals surface area contributed by atoms with Crippen molar-refractivity contribution in [3.8, 4) is 5.75 Å². The van der Waals surface area contributed by atoms with Crippen LogP contribution in [0.5, 0.6) is 5.75 Å². The van der Waals surface area contributed by atoms with Crippen molar-refractivity contribution >= 4 is 17.2 Å². The molecule has 7 heteroatoms. The number of para-hydroxylation sites is 2. The molecule has 0 saturated heterocycles. The van der Waals surface area contributed by atoms with Gasteiger partial charge in [0.25, 0.3) is 11.5 Å². The number of anilines is 1. The van der Waals surface area contributed by atoms with Crippen molar-refractivity contribution in [2.24, 2.45) is 0 Å². The second kappa shape index (κ2) is 7.95. The fraction of sp³-hybridized carbons (Fsp3) is 0.318. The summed E-state index contributed by atoms with van der Waals surface area (Å²) in [6.45, 7) is 5.31. The molecule has 0 fully saturated rings. The first-order chi connectivity index (χ1) is 14.1. The molecule has 1 aromatic carbocycles. The third-order valence-corrected chi connectivity index (χ3v) is 4.99. The van der Waals surface area contributed by atoms with Gasteiger partial charge < -0.3 is 15.0 Å². The number of nitrogens with one attached hydrogen (secondary N) is 1. The number of aryl methyl sites for hydroxylation is 1. The van der Waals surface area contributed by atoms with Gasteiger partial charge in [0.15, 0.2) is 6.10 Å². The molecule has 1 aliphatic heterocycles. The van der Waals surface area contributed by atoms with Gasteiger partial charge in [-0.2, -0.15) is 0 Å². The van der Waals surface area contributed by atoms with Gasteiger partial charge >= 0.3 is 0 Å². The van der Waals surface area contributed by atoms with Crippen LogP contribution in [0.4, 0.5) is 5.69 Å². The van der Waals surface area contributed by atoms with Crippen LogP contribution in [0.1, 0.15) is 24.7 Å². The summed E-state index contributed by atoms with van der Waals surface area (Å²) in [6.07, 6.45) is 0.253. The molecule has 4 rings (SSSR count). The van der Waals surface area contributed by atoms with Crippen molar-refractivity contribution in [1.29, 1.82) is 0 Å². The predicted molar refractivity (Wildman–Crippen MR) is 111 cm³/mol. The third kappa shape index (κ3) is 3.81. The number of benzene rings is 1. The SMILES string of the molecule is CCCNC(=O)[C@@H]1CN(Cc2cc(=O)n3c(C)cccc3n2)c2ccccc2O1. The normalized spacial score (nSPS) is 15.7. The van der Waals surface area contributed by atoms with Gasteiger partial charge in [-0.1, -0.05) is 25.1 Å². The van der Waals surface area contributed by atoms with Gasteiger partial charge in [-0.25, -0.2) is 4.98 Å². The highest BCUT2D eigenvalue weighted by Crippen LogP contribution is 2.33. The first kappa shape index (κ1) is 19.0. The molecule has 150 valence electrons. The molecular formula is C22H24N4O3. The number of carbonyl (C=O) groups excluding carboxylic acids is 1. The highest BCUT2D eigenvalue weighted by atomic mass is 16.5. The number of rotatable bonds is 5. The van der Waals surface area contributed by atoms with E-state index >= 15 is 0 Å². The molecular weight excluding hydrogens is 368 g/mol. The molecule has 1 amide bonds. The van der Waals surface area contributed by atoms with Crippen LogP contribution < -0.4 is 20.5 Å². The first-order valence-electron chi connectivity index (χ1n) is 9.83. The van der Waals surface area contributed by atoms with E-state index in [0.717, 1.165) is 17.8 Å². The number of hydrogen-bond acceptors (Lipinski definition) is 5. The molecule has 0 bridgehead atoms. The van der Waals surface area contributed by atoms with E-state index in [2.05, 4.69) is 10.3 Å². The largest absolute Gasteiger partial charge is 0.477 e. The number of fused-ring (bicyclic) bond motifs is 2. The van der Waals surface area contributed by atoms with Crippen molar-refractivity contribution in [3.63, 3.8) is 0 Å². The quantitative estimate of drug-likeness (QED) is 0.721. The standard InChI is InChI=1S/C22H24N4O3/c1-3-11-23-22(28)19-14-25(17-8-4-5-9-18(17)29-19)13-16-12-21(27)26-15(2)7-6-10-20(26)24-16/h4-10,12,19H,3,11,13-14H2,1-2H3,(H,23,28)/t19-/m0/s1. The fourth-order valence-corrected chi connectivity index (χ4v) is 3.60. The minimum Gasteiger partial charge on any atom is -0.477 e. The number of amides is 1. The molecule has 0 aliphatic carbocycles. The number of nitrogens with zero attached hydrogens (tertiary/aromatic N) is 3. The molecule has 0 radical (unpaired) electrons. The van der Waals surface area contributed by atoms with E-state index in [4.69, 9.17) is 4.74 Å². The molecule has 0 saturated carbocycles. The van der Waals surface area contributed by atoms with E-state index in [0.29, 0.717) is 36.7 Å². The minimum atomic E-state index is -0.611. The zero-order valence-corrected chi connectivity index (χ0v) is 16.6. The Morgan fingerprint density at radius 1 is 1.24 bits per heavy atom. The van der Waals surface area contributed by atoms with Gasteiger partial charge in [0.2, 0.25) is 0 Å². The van der Waals surface area contributed by atoms with E-state index < -0.39 is 6.10 Å². The Balaban J connectivity index is 1.66. The Labute approximate surface area is 168 Å². The van der Waals surface area contributed by atoms with Crippen molar-refractivity contribution in [3.05, 3.63) is 70.3 Å². The number of hydrogen-bond donors (Lipinski definition) is 1. The third-order valence-electron chi connectivity index (χ3n) is 4.99. The maximum absolute atomic E-state index is 12.6. The Kier molecular flexibility index (Phi) is 5.20. The van der Waals surface area contributed by atoms with Crippen molar-refractivity contribution in [2.45, 2.75) is 32.9 Å². The lowest BCUT2D eigenvalue weighted by atomic mass is 10.1. The maximum Gasteiger partial charge on any atom is 0.262 e. The van der Waals surface area contributed by atoms with E-state index in [-0.39, 0.29) is 11.5 Å². The molecule has 3 aromatic rings. The number of carbonyl (C=O) groups is 1. The summed E-state index contributed by atoms with van der Waals surface area (Å²) in [5.41, 5.74) is 2.90. The second-order valence-corrected chi connectivity index (χ2v) is 7.19. The lowest BCUT2D eigenvalue weighted by molar-refractivity contribution is -0.127. The zero-order valence-electron chi connectivity index (χ0n) is 16.6. The average molecular weight is 392 g/mol. The van der Waals surface area contributed by atoms with E-state index in [1.54, 1.807) is 10.5 Å². The van der Waals surface area contributed by atoms with Crippen LogP contribution in [-0.4, -0.2) is 34.5 Å². The van der Waals surface area contributed by atoms with Crippen molar-refractivity contribution in [1.82, 2.24) is 14.7 Å². The summed E-state index contributed by atoms with van der Waals surface area (Å²) in [6, 6.07) is 14.8. The second-order valence-electron chi connectivity index (χ2n) is 7.19. The van der Waals surface area contributed by atoms with Crippen LogP contribution in [0.3, 0.4) is 0 Å². The predicted octanol–water partition coefficient (Wildman–Crippen LogP) is 2.30. The fourth-order valence-electron chi connectivity index (χ4n) is 3.60. The minimum absolute atomic E-state index is 0.109. The lowest BCUT2D eigenvalue weighted by Gasteiger charge is -2.35. The van der Waals surface area contributed by atoms with Crippen molar-refractivity contribution in [2.75, 3.05) is 18.0 Å². The highest BCUT2D eigenvalue weighted by Gasteiger charge is 2.30. The summed E-state index contributed by atoms with van der Waals surface area (Å²) < 4.78 is 7.52. The number of pyridine rings is 1. The molecule has 0 spiro atoms. The maximum atomic E-state index is 12.6. The van der Waals surface area contributed by atoms with Crippen LogP contribution >= 0.6 is 0 Å². The first-order valence-corrected chi connectivity index (χ1v) is 9.83. The molecule has 7 nitrogen and oxygen atoms in total. The van der Waals surface area contributed by atoms with Crippen LogP contribution in [0.15, 0.2) is 53.3 Å². The topological polar surface area (TPSA) is 75.9 Å². The average Bonchev–Trinajstić information content (AvgIpc) is 2.71. The summed E-state index contributed by atoms with van der Waals surface area (Å²) in [4.78, 5) is 31.8. The van der Waals surface area contributed by atoms with Crippen LogP contribution in [0.25, 0.3) is 5.65 Å². The molecule has 0 unspecified atom stereocenters. The lowest BCUT2D eigenvalue weighted by Crippen LogP contribution is -2.49. The Bertz CT molecular complexity index is 1110. The van der Waals surface area contributed by atoms with Gasteiger partial charge in [-0.15, -0.1) is 0 Å². The van der Waals surface area contributed by atoms with Gasteiger partial charge in [-0.05, 0) is 37.6 Å². The summed E-state index contributed by atoms with van der Waals surface area (Å²) in [5.74, 6) is 0.525. The molecule has 1 atom stereocenters. The van der Waals surface area contributed by atoms with Gasteiger partial charge in [0, 0.05) is 18.3 Å². The van der Waals surface area contributed by atoms with Gasteiger partial charge in [0.05, 0.1) is 24.5 Å². The number of aromatic nitrogens is 2. The molecule has 1 aliphatic rings. The molecule has 1 N–H and O–H groups in total. The van der Waals surface area contributed by atoms with E-state index in [1.165, 1.54) is 0 Å². The Morgan fingerprint density at radius 3 is 2.90 bits per heavy atom. The van der Waals surface area contributed by atoms with Crippen LogP contribution in [0, 0.1) is 6.92 Å². The highest BCUT2D eigenvalue weighted by molar-refractivity contribution is 5.83. The van der Waals surface area contributed by atoms with Crippen LogP contribution in [-0.2, 0) is 11.3 Å². The van der Waals surface area contributed by atoms with Crippen LogP contribution in [0.2, 0.25) is 0 Å². The zero-order chi connectivity index (χ0) is 20.4. The molecule has 3 heterocycles. The molecule has 2 aromatic heterocycles. The summed E-state index contributed by atoms with van der Waals surface area (Å²) >= 11 is 0.